The maximum atomic E-state index is 11.9. The molecule has 0 bridgehead atoms. The van der Waals surface area contributed by atoms with Gasteiger partial charge in [0.05, 0.1) is 6.61 Å². The van der Waals surface area contributed by atoms with Crippen LogP contribution in [0.5, 0.6) is 0 Å². The molecule has 0 heterocycles. The van der Waals surface area contributed by atoms with Gasteiger partial charge in [-0.3, -0.25) is 0 Å². The Morgan fingerprint density at radius 3 is 2.45 bits per heavy atom. The van der Waals surface area contributed by atoms with Gasteiger partial charge in [-0.05, 0) is 18.4 Å². The molecule has 0 fully saturated rings. The summed E-state index contributed by atoms with van der Waals surface area (Å²) in [6.45, 7) is 4.50. The van der Waals surface area contributed by atoms with Gasteiger partial charge in [0.25, 0.3) is 0 Å². The summed E-state index contributed by atoms with van der Waals surface area (Å²) in [5.41, 5.74) is 0.899. The topological polar surface area (TPSA) is 64.6 Å². The van der Waals surface area contributed by atoms with Crippen molar-refractivity contribution in [1.82, 2.24) is 5.32 Å². The molecule has 122 valence electrons. The van der Waals surface area contributed by atoms with E-state index < -0.39 is 18.1 Å². The second kappa shape index (κ2) is 10.7. The van der Waals surface area contributed by atoms with Crippen molar-refractivity contribution in [2.45, 2.75) is 52.2 Å². The predicted molar refractivity (Wildman–Crippen MR) is 84.3 cm³/mol. The van der Waals surface area contributed by atoms with Crippen molar-refractivity contribution in [3.05, 3.63) is 35.9 Å². The zero-order valence-electron chi connectivity index (χ0n) is 13.3. The Bertz CT molecular complexity index is 447. The molecule has 1 N–H and O–H groups in total. The van der Waals surface area contributed by atoms with Crippen LogP contribution in [-0.4, -0.2) is 24.7 Å². The fourth-order valence-electron chi connectivity index (χ4n) is 1.87. The van der Waals surface area contributed by atoms with Gasteiger partial charge in [0, 0.05) is 0 Å². The molecule has 1 aromatic rings. The van der Waals surface area contributed by atoms with E-state index in [1.807, 2.05) is 44.2 Å². The van der Waals surface area contributed by atoms with Crippen LogP contribution in [0.4, 0.5) is 4.79 Å². The molecular weight excluding hydrogens is 282 g/mol. The van der Waals surface area contributed by atoms with Crippen molar-refractivity contribution < 1.29 is 19.1 Å². The van der Waals surface area contributed by atoms with E-state index in [2.05, 4.69) is 5.32 Å². The van der Waals surface area contributed by atoms with E-state index in [4.69, 9.17) is 9.47 Å². The van der Waals surface area contributed by atoms with Crippen molar-refractivity contribution in [2.24, 2.45) is 0 Å². The number of unbranched alkanes of at least 4 members (excludes halogenated alkanes) is 1. The monoisotopic (exact) mass is 307 g/mol. The standard InChI is InChI=1S/C17H25NO4/c1-3-5-11-15(16(19)21-12-4-2)18-17(20)22-13-14-9-7-6-8-10-14/h6-10,15H,3-5,11-13H2,1-2H3,(H,18,20). The molecule has 0 aromatic heterocycles. The molecule has 0 saturated heterocycles. The van der Waals surface area contributed by atoms with E-state index in [1.54, 1.807) is 0 Å². The summed E-state index contributed by atoms with van der Waals surface area (Å²) in [4.78, 5) is 23.8. The summed E-state index contributed by atoms with van der Waals surface area (Å²) in [7, 11) is 0. The average molecular weight is 307 g/mol. The van der Waals surface area contributed by atoms with Crippen molar-refractivity contribution in [3.8, 4) is 0 Å². The maximum absolute atomic E-state index is 11.9. The maximum Gasteiger partial charge on any atom is 0.408 e. The van der Waals surface area contributed by atoms with Crippen LogP contribution < -0.4 is 5.32 Å². The number of carbonyl (C=O) groups is 2. The summed E-state index contributed by atoms with van der Waals surface area (Å²) < 4.78 is 10.2. The molecule has 5 heteroatoms. The molecule has 1 amide bonds. The molecule has 22 heavy (non-hydrogen) atoms. The molecule has 0 spiro atoms. The number of amides is 1. The van der Waals surface area contributed by atoms with Gasteiger partial charge in [-0.15, -0.1) is 0 Å². The lowest BCUT2D eigenvalue weighted by molar-refractivity contribution is -0.146. The number of nitrogens with one attached hydrogen (secondary N) is 1. The van der Waals surface area contributed by atoms with Crippen LogP contribution in [0, 0.1) is 0 Å². The summed E-state index contributed by atoms with van der Waals surface area (Å²) >= 11 is 0. The first-order valence-electron chi connectivity index (χ1n) is 7.81. The summed E-state index contributed by atoms with van der Waals surface area (Å²) in [5, 5.41) is 2.60. The first-order chi connectivity index (χ1) is 10.7. The van der Waals surface area contributed by atoms with Crippen LogP contribution in [-0.2, 0) is 20.9 Å². The lowest BCUT2D eigenvalue weighted by Crippen LogP contribution is -2.42. The van der Waals surface area contributed by atoms with Gasteiger partial charge >= 0.3 is 12.1 Å². The first kappa shape index (κ1) is 18.0. The number of hydrogen-bond acceptors (Lipinski definition) is 4. The number of alkyl carbamates (subject to hydrolysis) is 1. The van der Waals surface area contributed by atoms with Crippen molar-refractivity contribution >= 4 is 12.1 Å². The zero-order valence-corrected chi connectivity index (χ0v) is 13.3. The molecule has 5 nitrogen and oxygen atoms in total. The largest absolute Gasteiger partial charge is 0.464 e. The third-order valence-corrected chi connectivity index (χ3v) is 3.08. The Kier molecular flexibility index (Phi) is 8.72. The van der Waals surface area contributed by atoms with E-state index in [-0.39, 0.29) is 6.61 Å². The lowest BCUT2D eigenvalue weighted by atomic mass is 10.1. The fraction of sp³-hybridized carbons (Fsp3) is 0.529. The first-order valence-corrected chi connectivity index (χ1v) is 7.81. The summed E-state index contributed by atoms with van der Waals surface area (Å²) in [5.74, 6) is -0.396. The molecule has 1 rings (SSSR count). The molecular formula is C17H25NO4. The number of carbonyl (C=O) groups excluding carboxylic acids is 2. The third-order valence-electron chi connectivity index (χ3n) is 3.08. The highest BCUT2D eigenvalue weighted by molar-refractivity contribution is 5.81. The second-order valence-corrected chi connectivity index (χ2v) is 5.07. The fourth-order valence-corrected chi connectivity index (χ4v) is 1.87. The van der Waals surface area contributed by atoms with Gasteiger partial charge in [-0.2, -0.15) is 0 Å². The minimum Gasteiger partial charge on any atom is -0.464 e. The van der Waals surface area contributed by atoms with Gasteiger partial charge in [-0.1, -0.05) is 57.0 Å². The Labute approximate surface area is 132 Å². The number of ether oxygens (including phenoxy) is 2. The minimum absolute atomic E-state index is 0.178. The number of benzene rings is 1. The Morgan fingerprint density at radius 1 is 1.09 bits per heavy atom. The number of esters is 1. The molecule has 1 aromatic carbocycles. The zero-order chi connectivity index (χ0) is 16.2. The Hall–Kier alpha value is -2.04. The molecule has 0 radical (unpaired) electrons. The summed E-state index contributed by atoms with van der Waals surface area (Å²) in [6.07, 6.45) is 2.49. The Morgan fingerprint density at radius 2 is 1.82 bits per heavy atom. The summed E-state index contributed by atoms with van der Waals surface area (Å²) in [6, 6.07) is 8.75. The molecule has 0 saturated carbocycles. The second-order valence-electron chi connectivity index (χ2n) is 5.07. The minimum atomic E-state index is -0.644. The Balaban J connectivity index is 2.45. The average Bonchev–Trinajstić information content (AvgIpc) is 2.55. The van der Waals surface area contributed by atoms with Gasteiger partial charge < -0.3 is 14.8 Å². The highest BCUT2D eigenvalue weighted by Crippen LogP contribution is 2.05. The van der Waals surface area contributed by atoms with Crippen molar-refractivity contribution in [1.29, 1.82) is 0 Å². The van der Waals surface area contributed by atoms with Crippen LogP contribution in [0.25, 0.3) is 0 Å². The SMILES string of the molecule is CCCCC(NC(=O)OCc1ccccc1)C(=O)OCCC. The van der Waals surface area contributed by atoms with Gasteiger partial charge in [0.2, 0.25) is 0 Å². The van der Waals surface area contributed by atoms with Crippen LogP contribution in [0.3, 0.4) is 0 Å². The lowest BCUT2D eigenvalue weighted by Gasteiger charge is -2.17. The molecule has 0 aliphatic heterocycles. The van der Waals surface area contributed by atoms with Crippen molar-refractivity contribution in [3.63, 3.8) is 0 Å². The highest BCUT2D eigenvalue weighted by Gasteiger charge is 2.22. The van der Waals surface area contributed by atoms with Crippen LogP contribution in [0.15, 0.2) is 30.3 Å². The van der Waals surface area contributed by atoms with Gasteiger partial charge in [-0.25, -0.2) is 9.59 Å². The molecule has 1 unspecified atom stereocenters. The van der Waals surface area contributed by atoms with Crippen LogP contribution >= 0.6 is 0 Å². The quantitative estimate of drug-likeness (QED) is 0.710. The number of rotatable bonds is 9. The van der Waals surface area contributed by atoms with E-state index >= 15 is 0 Å². The highest BCUT2D eigenvalue weighted by atomic mass is 16.6. The normalized spacial score (nSPS) is 11.5. The number of hydrogen-bond donors (Lipinski definition) is 1. The molecule has 1 atom stereocenters. The van der Waals surface area contributed by atoms with E-state index in [9.17, 15) is 9.59 Å². The molecule has 0 aliphatic carbocycles. The van der Waals surface area contributed by atoms with Crippen LogP contribution in [0.2, 0.25) is 0 Å². The van der Waals surface area contributed by atoms with E-state index in [1.165, 1.54) is 0 Å². The van der Waals surface area contributed by atoms with Crippen molar-refractivity contribution in [2.75, 3.05) is 6.61 Å². The molecule has 0 aliphatic rings. The van der Waals surface area contributed by atoms with E-state index in [0.29, 0.717) is 13.0 Å². The van der Waals surface area contributed by atoms with E-state index in [0.717, 1.165) is 24.8 Å². The smallest absolute Gasteiger partial charge is 0.408 e. The van der Waals surface area contributed by atoms with Crippen LogP contribution in [0.1, 0.15) is 45.1 Å². The predicted octanol–water partition coefficient (Wildman–Crippen LogP) is 3.42. The van der Waals surface area contributed by atoms with Gasteiger partial charge in [0.1, 0.15) is 12.6 Å². The van der Waals surface area contributed by atoms with Gasteiger partial charge in [0.15, 0.2) is 0 Å². The third kappa shape index (κ3) is 7.11.